The molecule has 2 aromatic carbocycles. The zero-order valence-corrected chi connectivity index (χ0v) is 20.1. The summed E-state index contributed by atoms with van der Waals surface area (Å²) in [6.07, 6.45) is 0.842. The van der Waals surface area contributed by atoms with Gasteiger partial charge in [0.15, 0.2) is 0 Å². The maximum absolute atomic E-state index is 13.1. The van der Waals surface area contributed by atoms with Gasteiger partial charge in [-0.05, 0) is 41.8 Å². The second-order valence-corrected chi connectivity index (χ2v) is 8.89. The van der Waals surface area contributed by atoms with Crippen molar-refractivity contribution in [2.24, 2.45) is 0 Å². The lowest BCUT2D eigenvalue weighted by molar-refractivity contribution is 0.0729. The summed E-state index contributed by atoms with van der Waals surface area (Å²) in [7, 11) is 3.19. The van der Waals surface area contributed by atoms with Crippen LogP contribution in [0.15, 0.2) is 53.9 Å². The van der Waals surface area contributed by atoms with Crippen molar-refractivity contribution in [3.63, 3.8) is 0 Å². The molecule has 0 bridgehead atoms. The lowest BCUT2D eigenvalue weighted by Gasteiger charge is -2.28. The standard InChI is InChI=1S/C25H28N4O4S/c1-32-14-13-29(25(31)26-20-7-9-21(33-2)10-8-20)16-23-27-22(17-34-23)24(30)28-12-11-18-5-3-4-6-19(18)15-28/h3-10,17H,11-16H2,1-2H3,(H,26,31). The second-order valence-electron chi connectivity index (χ2n) is 7.94. The van der Waals surface area contributed by atoms with Crippen LogP contribution in [0, 0.1) is 0 Å². The average molecular weight is 481 g/mol. The van der Waals surface area contributed by atoms with Gasteiger partial charge in [-0.25, -0.2) is 9.78 Å². The van der Waals surface area contributed by atoms with E-state index < -0.39 is 0 Å². The molecule has 178 valence electrons. The Kier molecular flexibility index (Phi) is 7.76. The molecule has 34 heavy (non-hydrogen) atoms. The predicted octanol–water partition coefficient (Wildman–Crippen LogP) is 4.03. The van der Waals surface area contributed by atoms with Crippen LogP contribution in [-0.4, -0.2) is 60.6 Å². The van der Waals surface area contributed by atoms with Crippen molar-refractivity contribution in [3.8, 4) is 5.75 Å². The zero-order valence-electron chi connectivity index (χ0n) is 19.3. The number of methoxy groups -OCH3 is 2. The van der Waals surface area contributed by atoms with Crippen molar-refractivity contribution in [1.82, 2.24) is 14.8 Å². The van der Waals surface area contributed by atoms with Gasteiger partial charge in [-0.15, -0.1) is 11.3 Å². The molecule has 1 aliphatic heterocycles. The average Bonchev–Trinajstić information content (AvgIpc) is 3.34. The molecule has 0 fully saturated rings. The third-order valence-corrected chi connectivity index (χ3v) is 6.54. The highest BCUT2D eigenvalue weighted by Crippen LogP contribution is 2.22. The maximum Gasteiger partial charge on any atom is 0.322 e. The van der Waals surface area contributed by atoms with E-state index >= 15 is 0 Å². The number of urea groups is 1. The molecule has 0 radical (unpaired) electrons. The number of nitrogens with one attached hydrogen (secondary N) is 1. The Bertz CT molecular complexity index is 1130. The van der Waals surface area contributed by atoms with Gasteiger partial charge >= 0.3 is 6.03 Å². The molecule has 0 saturated carbocycles. The van der Waals surface area contributed by atoms with E-state index in [1.165, 1.54) is 22.5 Å². The van der Waals surface area contributed by atoms with Crippen LogP contribution in [0.25, 0.3) is 0 Å². The number of aromatic nitrogens is 1. The molecule has 3 aromatic rings. The first-order chi connectivity index (χ1) is 16.6. The number of anilines is 1. The summed E-state index contributed by atoms with van der Waals surface area (Å²) < 4.78 is 10.3. The SMILES string of the molecule is COCCN(Cc1nc(C(=O)N2CCc3ccccc3C2)cs1)C(=O)Nc1ccc(OC)cc1. The number of thiazole rings is 1. The smallest absolute Gasteiger partial charge is 0.322 e. The normalized spacial score (nSPS) is 12.7. The zero-order chi connectivity index (χ0) is 23.9. The van der Waals surface area contributed by atoms with Gasteiger partial charge in [0.05, 0.1) is 20.3 Å². The van der Waals surface area contributed by atoms with Crippen LogP contribution in [0.2, 0.25) is 0 Å². The number of ether oxygens (including phenoxy) is 2. The molecule has 0 aliphatic carbocycles. The molecule has 0 unspecified atom stereocenters. The number of carbonyl (C=O) groups is 2. The lowest BCUT2D eigenvalue weighted by atomic mass is 10.00. The summed E-state index contributed by atoms with van der Waals surface area (Å²) in [6, 6.07) is 15.1. The van der Waals surface area contributed by atoms with Gasteiger partial charge in [-0.1, -0.05) is 24.3 Å². The highest BCUT2D eigenvalue weighted by Gasteiger charge is 2.24. The molecule has 1 aromatic heterocycles. The van der Waals surface area contributed by atoms with Gasteiger partial charge in [0.25, 0.3) is 5.91 Å². The Hall–Kier alpha value is -3.43. The van der Waals surface area contributed by atoms with E-state index in [-0.39, 0.29) is 18.5 Å². The number of amides is 3. The monoisotopic (exact) mass is 480 g/mol. The quantitative estimate of drug-likeness (QED) is 0.526. The molecule has 4 rings (SSSR count). The number of rotatable bonds is 8. The van der Waals surface area contributed by atoms with E-state index in [9.17, 15) is 9.59 Å². The molecule has 0 atom stereocenters. The number of hydrogen-bond acceptors (Lipinski definition) is 6. The summed E-state index contributed by atoms with van der Waals surface area (Å²) in [5.41, 5.74) is 3.55. The van der Waals surface area contributed by atoms with Crippen LogP contribution >= 0.6 is 11.3 Å². The van der Waals surface area contributed by atoms with Crippen LogP contribution in [0.3, 0.4) is 0 Å². The van der Waals surface area contributed by atoms with E-state index in [0.717, 1.165) is 6.42 Å². The molecule has 3 amide bonds. The molecular weight excluding hydrogens is 452 g/mol. The number of hydrogen-bond donors (Lipinski definition) is 1. The number of benzene rings is 2. The van der Waals surface area contributed by atoms with Crippen molar-refractivity contribution < 1.29 is 19.1 Å². The first kappa shape index (κ1) is 23.7. The largest absolute Gasteiger partial charge is 0.497 e. The van der Waals surface area contributed by atoms with Crippen molar-refractivity contribution in [2.75, 3.05) is 39.2 Å². The molecule has 8 nitrogen and oxygen atoms in total. The van der Waals surface area contributed by atoms with Crippen LogP contribution < -0.4 is 10.1 Å². The fourth-order valence-corrected chi connectivity index (χ4v) is 4.59. The Morgan fingerprint density at radius 2 is 1.88 bits per heavy atom. The third-order valence-electron chi connectivity index (χ3n) is 5.71. The first-order valence-electron chi connectivity index (χ1n) is 11.1. The van der Waals surface area contributed by atoms with Gasteiger partial charge in [0.2, 0.25) is 0 Å². The summed E-state index contributed by atoms with van der Waals surface area (Å²) in [6.45, 7) is 2.33. The van der Waals surface area contributed by atoms with Gasteiger partial charge in [0, 0.05) is 37.8 Å². The highest BCUT2D eigenvalue weighted by molar-refractivity contribution is 7.09. The van der Waals surface area contributed by atoms with E-state index in [2.05, 4.69) is 22.4 Å². The fourth-order valence-electron chi connectivity index (χ4n) is 3.81. The van der Waals surface area contributed by atoms with E-state index in [0.29, 0.717) is 48.4 Å². The molecule has 2 heterocycles. The van der Waals surface area contributed by atoms with Gasteiger partial charge < -0.3 is 24.6 Å². The minimum atomic E-state index is -0.266. The number of nitrogens with zero attached hydrogens (tertiary/aromatic N) is 3. The Balaban J connectivity index is 1.41. The van der Waals surface area contributed by atoms with Crippen LogP contribution in [0.1, 0.15) is 26.6 Å². The van der Waals surface area contributed by atoms with E-state index in [4.69, 9.17) is 9.47 Å². The van der Waals surface area contributed by atoms with E-state index in [1.807, 2.05) is 17.0 Å². The number of carbonyl (C=O) groups excluding carboxylic acids is 2. The predicted molar refractivity (Wildman–Crippen MR) is 131 cm³/mol. The van der Waals surface area contributed by atoms with Gasteiger partial charge in [-0.3, -0.25) is 4.79 Å². The molecule has 1 N–H and O–H groups in total. The second kappa shape index (κ2) is 11.1. The summed E-state index contributed by atoms with van der Waals surface area (Å²) in [5, 5.41) is 5.36. The maximum atomic E-state index is 13.1. The van der Waals surface area contributed by atoms with Crippen molar-refractivity contribution in [3.05, 3.63) is 75.7 Å². The Morgan fingerprint density at radius 3 is 2.62 bits per heavy atom. The van der Waals surface area contributed by atoms with E-state index in [1.54, 1.807) is 48.8 Å². The number of fused-ring (bicyclic) bond motifs is 1. The van der Waals surface area contributed by atoms with Crippen molar-refractivity contribution in [2.45, 2.75) is 19.5 Å². The van der Waals surface area contributed by atoms with Crippen molar-refractivity contribution in [1.29, 1.82) is 0 Å². The topological polar surface area (TPSA) is 84.0 Å². The Labute approximate surface area is 203 Å². The fraction of sp³-hybridized carbons (Fsp3) is 0.320. The third kappa shape index (κ3) is 5.73. The van der Waals surface area contributed by atoms with Gasteiger partial charge in [-0.2, -0.15) is 0 Å². The highest BCUT2D eigenvalue weighted by atomic mass is 32.1. The summed E-state index contributed by atoms with van der Waals surface area (Å²) >= 11 is 1.38. The molecular formula is C25H28N4O4S. The molecule has 9 heteroatoms. The summed E-state index contributed by atoms with van der Waals surface area (Å²) in [4.78, 5) is 34.0. The summed E-state index contributed by atoms with van der Waals surface area (Å²) in [5.74, 6) is 0.634. The van der Waals surface area contributed by atoms with Crippen LogP contribution in [0.4, 0.5) is 10.5 Å². The van der Waals surface area contributed by atoms with Gasteiger partial charge in [0.1, 0.15) is 16.5 Å². The molecule has 1 aliphatic rings. The first-order valence-corrected chi connectivity index (χ1v) is 11.9. The Morgan fingerprint density at radius 1 is 1.12 bits per heavy atom. The lowest BCUT2D eigenvalue weighted by Crippen LogP contribution is -2.37. The van der Waals surface area contributed by atoms with Crippen molar-refractivity contribution >= 4 is 29.0 Å². The minimum Gasteiger partial charge on any atom is -0.497 e. The molecule has 0 saturated heterocycles. The van der Waals surface area contributed by atoms with Crippen LogP contribution in [-0.2, 0) is 24.2 Å². The molecule has 0 spiro atoms. The minimum absolute atomic E-state index is 0.0804. The van der Waals surface area contributed by atoms with Crippen LogP contribution in [0.5, 0.6) is 5.75 Å².